The summed E-state index contributed by atoms with van der Waals surface area (Å²) in [5.41, 5.74) is 1.78. The van der Waals surface area contributed by atoms with E-state index in [1.54, 1.807) is 7.11 Å². The maximum Gasteiger partial charge on any atom is 0.248 e. The molecule has 0 aliphatic heterocycles. The van der Waals surface area contributed by atoms with Gasteiger partial charge in [-0.25, -0.2) is 4.99 Å². The number of hydrogen-bond donors (Lipinski definition) is 0. The van der Waals surface area contributed by atoms with E-state index in [-0.39, 0.29) is 0 Å². The smallest absolute Gasteiger partial charge is 0.248 e. The summed E-state index contributed by atoms with van der Waals surface area (Å²) >= 11 is 1.17. The molecule has 0 aliphatic rings. The third-order valence-electron chi connectivity index (χ3n) is 3.71. The normalized spacial score (nSPS) is 11.8. The Bertz CT molecular complexity index is 1040. The molecule has 0 saturated heterocycles. The van der Waals surface area contributed by atoms with Crippen molar-refractivity contribution in [2.24, 2.45) is 4.99 Å². The molecule has 0 fully saturated rings. The summed E-state index contributed by atoms with van der Waals surface area (Å²) in [5, 5.41) is 2.27. The van der Waals surface area contributed by atoms with Gasteiger partial charge in [-0.15, -0.1) is 0 Å². The Morgan fingerprint density at radius 3 is 2.58 bits per heavy atom. The quantitative estimate of drug-likeness (QED) is 0.541. The first kappa shape index (κ1) is 14.7. The Balaban J connectivity index is 1.75. The number of rotatable bonds is 3. The molecule has 0 aliphatic carbocycles. The van der Waals surface area contributed by atoms with Gasteiger partial charge in [-0.2, -0.15) is 4.98 Å². The predicted molar refractivity (Wildman–Crippen MR) is 95.5 cm³/mol. The third kappa shape index (κ3) is 2.81. The monoisotopic (exact) mass is 334 g/mol. The Morgan fingerprint density at radius 1 is 0.958 bits per heavy atom. The van der Waals surface area contributed by atoms with E-state index in [1.807, 2.05) is 48.5 Å². The molecule has 24 heavy (non-hydrogen) atoms. The highest BCUT2D eigenvalue weighted by Crippen LogP contribution is 2.27. The fraction of sp³-hybridized carbons (Fsp3) is 0.0526. The highest BCUT2D eigenvalue weighted by atomic mass is 32.1. The fourth-order valence-electron chi connectivity index (χ4n) is 2.53. The van der Waals surface area contributed by atoms with Gasteiger partial charge in [0.05, 0.1) is 24.4 Å². The second kappa shape index (κ2) is 6.29. The van der Waals surface area contributed by atoms with Crippen molar-refractivity contribution in [1.29, 1.82) is 0 Å². The Labute approximate surface area is 142 Å². The van der Waals surface area contributed by atoms with Crippen LogP contribution in [0.2, 0.25) is 0 Å². The summed E-state index contributed by atoms with van der Waals surface area (Å²) in [7, 11) is 1.64. The zero-order valence-corrected chi connectivity index (χ0v) is 13.8. The maximum absolute atomic E-state index is 5.69. The van der Waals surface area contributed by atoms with Crippen molar-refractivity contribution in [2.45, 2.75) is 0 Å². The molecule has 4 aromatic rings. The molecule has 0 atom stereocenters. The Morgan fingerprint density at radius 2 is 1.75 bits per heavy atom. The summed E-state index contributed by atoms with van der Waals surface area (Å²) in [4.78, 5) is 9.61. The van der Waals surface area contributed by atoms with Crippen molar-refractivity contribution >= 4 is 28.1 Å². The molecule has 4 rings (SSSR count). The molecule has 118 valence electrons. The first-order valence-electron chi connectivity index (χ1n) is 7.47. The zero-order chi connectivity index (χ0) is 16.4. The standard InChI is InChI=1S/C19H14N2O2S/c1-22-15-11-9-14(10-12-15)20-19-21-18(23-24-19)17-8-4-6-13-5-2-3-7-16(13)17/h2-12H,1H3. The zero-order valence-electron chi connectivity index (χ0n) is 13.0. The summed E-state index contributed by atoms with van der Waals surface area (Å²) in [6, 6.07) is 21.8. The molecule has 4 nitrogen and oxygen atoms in total. The van der Waals surface area contributed by atoms with Gasteiger partial charge in [0.2, 0.25) is 10.7 Å². The number of hydrogen-bond acceptors (Lipinski definition) is 5. The highest BCUT2D eigenvalue weighted by Gasteiger charge is 2.09. The average molecular weight is 334 g/mol. The lowest BCUT2D eigenvalue weighted by atomic mass is 10.0. The van der Waals surface area contributed by atoms with E-state index in [9.17, 15) is 0 Å². The van der Waals surface area contributed by atoms with Gasteiger partial charge < -0.3 is 8.59 Å². The Hall–Kier alpha value is -2.92. The summed E-state index contributed by atoms with van der Waals surface area (Å²) in [6.07, 6.45) is 0. The second-order valence-electron chi connectivity index (χ2n) is 5.20. The molecular formula is C19H14N2O2S. The minimum atomic E-state index is 0.586. The number of nitrogens with zero attached hydrogens (tertiary/aromatic N) is 2. The van der Waals surface area contributed by atoms with Gasteiger partial charge >= 0.3 is 0 Å². The van der Waals surface area contributed by atoms with E-state index >= 15 is 0 Å². The van der Waals surface area contributed by atoms with Crippen LogP contribution in [0.3, 0.4) is 0 Å². The van der Waals surface area contributed by atoms with Crippen molar-refractivity contribution in [3.8, 4) is 17.2 Å². The lowest BCUT2D eigenvalue weighted by molar-refractivity contribution is 0.415. The third-order valence-corrected chi connectivity index (χ3v) is 4.28. The van der Waals surface area contributed by atoms with Gasteiger partial charge in [-0.3, -0.25) is 0 Å². The topological polar surface area (TPSA) is 47.6 Å². The van der Waals surface area contributed by atoms with Crippen molar-refractivity contribution < 1.29 is 8.59 Å². The number of aromatic nitrogens is 1. The van der Waals surface area contributed by atoms with Crippen LogP contribution < -0.4 is 9.54 Å². The van der Waals surface area contributed by atoms with Crippen LogP contribution in [0.15, 0.2) is 75.6 Å². The van der Waals surface area contributed by atoms with E-state index in [0.717, 1.165) is 27.8 Å². The molecular weight excluding hydrogens is 320 g/mol. The van der Waals surface area contributed by atoms with E-state index < -0.39 is 0 Å². The molecule has 3 aromatic carbocycles. The second-order valence-corrected chi connectivity index (χ2v) is 5.90. The van der Waals surface area contributed by atoms with Gasteiger partial charge in [0.1, 0.15) is 5.75 Å². The molecule has 0 radical (unpaired) electrons. The lowest BCUT2D eigenvalue weighted by Crippen LogP contribution is -1.96. The minimum Gasteiger partial charge on any atom is -0.497 e. The first-order chi connectivity index (χ1) is 11.8. The van der Waals surface area contributed by atoms with Gasteiger partial charge in [-0.05, 0) is 41.1 Å². The molecule has 0 amide bonds. The molecule has 0 unspecified atom stereocenters. The van der Waals surface area contributed by atoms with Gasteiger partial charge in [0.25, 0.3) is 0 Å². The van der Waals surface area contributed by atoms with Gasteiger partial charge in [-0.1, -0.05) is 36.4 Å². The van der Waals surface area contributed by atoms with E-state index in [0.29, 0.717) is 10.7 Å². The fourth-order valence-corrected chi connectivity index (χ4v) is 3.07. The highest BCUT2D eigenvalue weighted by molar-refractivity contribution is 7.00. The average Bonchev–Trinajstić information content (AvgIpc) is 3.10. The van der Waals surface area contributed by atoms with Crippen LogP contribution in [-0.2, 0) is 0 Å². The lowest BCUT2D eigenvalue weighted by Gasteiger charge is -2.01. The summed E-state index contributed by atoms with van der Waals surface area (Å²) < 4.78 is 10.8. The van der Waals surface area contributed by atoms with E-state index in [4.69, 9.17) is 8.59 Å². The molecule has 0 N–H and O–H groups in total. The van der Waals surface area contributed by atoms with Crippen LogP contribution in [0.4, 0.5) is 5.69 Å². The predicted octanol–water partition coefficient (Wildman–Crippen LogP) is 4.80. The molecule has 0 bridgehead atoms. The van der Waals surface area contributed by atoms with Crippen LogP contribution in [0.1, 0.15) is 0 Å². The Kier molecular flexibility index (Phi) is 3.84. The van der Waals surface area contributed by atoms with Crippen molar-refractivity contribution in [2.75, 3.05) is 7.11 Å². The molecule has 1 heterocycles. The molecule has 0 spiro atoms. The SMILES string of the molecule is COc1ccc(N=c2nc(-c3cccc4ccccc34)os2)cc1. The van der Waals surface area contributed by atoms with Crippen LogP contribution in [-0.4, -0.2) is 12.1 Å². The minimum absolute atomic E-state index is 0.586. The molecule has 0 saturated carbocycles. The van der Waals surface area contributed by atoms with Crippen molar-refractivity contribution in [3.05, 3.63) is 71.5 Å². The number of fused-ring (bicyclic) bond motifs is 1. The number of benzene rings is 3. The van der Waals surface area contributed by atoms with Gasteiger partial charge in [0, 0.05) is 5.56 Å². The molecule has 5 heteroatoms. The first-order valence-corrected chi connectivity index (χ1v) is 8.22. The van der Waals surface area contributed by atoms with Crippen LogP contribution in [0, 0.1) is 0 Å². The van der Waals surface area contributed by atoms with Crippen molar-refractivity contribution in [1.82, 2.24) is 4.98 Å². The van der Waals surface area contributed by atoms with Crippen LogP contribution >= 0.6 is 11.6 Å². The summed E-state index contributed by atoms with van der Waals surface area (Å²) in [5.74, 6) is 1.39. The van der Waals surface area contributed by atoms with Gasteiger partial charge in [0.15, 0.2) is 0 Å². The van der Waals surface area contributed by atoms with E-state index in [2.05, 4.69) is 28.2 Å². The van der Waals surface area contributed by atoms with Crippen molar-refractivity contribution in [3.63, 3.8) is 0 Å². The van der Waals surface area contributed by atoms with Crippen LogP contribution in [0.25, 0.3) is 22.2 Å². The largest absolute Gasteiger partial charge is 0.497 e. The van der Waals surface area contributed by atoms with Crippen LogP contribution in [0.5, 0.6) is 5.75 Å². The number of ether oxygens (including phenoxy) is 1. The summed E-state index contributed by atoms with van der Waals surface area (Å²) in [6.45, 7) is 0. The van der Waals surface area contributed by atoms with E-state index in [1.165, 1.54) is 11.6 Å². The molecule has 1 aromatic heterocycles. The maximum atomic E-state index is 5.69. The number of methoxy groups -OCH3 is 1.